The number of aliphatic imine (C=N–C) groups is 1. The first-order valence-electron chi connectivity index (χ1n) is 6.76. The van der Waals surface area contributed by atoms with Crippen LogP contribution in [0.5, 0.6) is 0 Å². The maximum atomic E-state index is 5.83. The maximum absolute atomic E-state index is 5.83. The zero-order chi connectivity index (χ0) is 13.9. The fourth-order valence-electron chi connectivity index (χ4n) is 0.989. The summed E-state index contributed by atoms with van der Waals surface area (Å²) in [6.07, 6.45) is 6.17. The number of nitrogens with one attached hydrogen (secondary N) is 1. The van der Waals surface area contributed by atoms with Crippen LogP contribution in [0.25, 0.3) is 0 Å². The summed E-state index contributed by atoms with van der Waals surface area (Å²) in [4.78, 5) is 4.40. The van der Waals surface area contributed by atoms with E-state index in [1.165, 1.54) is 12.8 Å². The summed E-state index contributed by atoms with van der Waals surface area (Å²) in [6, 6.07) is 0.341. The van der Waals surface area contributed by atoms with Crippen molar-refractivity contribution in [3.63, 3.8) is 0 Å². The Morgan fingerprint density at radius 2 is 2.11 bits per heavy atom. The van der Waals surface area contributed by atoms with E-state index in [0.717, 1.165) is 25.2 Å². The minimum Gasteiger partial charge on any atom is -0.326 e. The Balaban J connectivity index is 4.27. The van der Waals surface area contributed by atoms with E-state index in [2.05, 4.69) is 37.8 Å². The summed E-state index contributed by atoms with van der Waals surface area (Å²) in [5.41, 5.74) is -1.98. The molecule has 0 heterocycles. The van der Waals surface area contributed by atoms with Crippen molar-refractivity contribution in [1.82, 2.24) is 5.09 Å². The van der Waals surface area contributed by atoms with Crippen LogP contribution in [0.15, 0.2) is 4.99 Å². The van der Waals surface area contributed by atoms with Gasteiger partial charge in [0.15, 0.2) is 0 Å². The number of hydrogen-bond donors (Lipinski definition) is 1. The van der Waals surface area contributed by atoms with Crippen LogP contribution in [0.2, 0.25) is 0 Å². The molecule has 0 aliphatic heterocycles. The van der Waals surface area contributed by atoms with Gasteiger partial charge in [0, 0.05) is 11.8 Å². The second-order valence-electron chi connectivity index (χ2n) is 4.18. The van der Waals surface area contributed by atoms with Crippen LogP contribution in [0.4, 0.5) is 0 Å². The average Bonchev–Trinajstić information content (AvgIpc) is 2.36. The molecule has 6 heteroatoms. The Kier molecular flexibility index (Phi) is 11.5. The summed E-state index contributed by atoms with van der Waals surface area (Å²) in [6.45, 7) is 9.24. The standard InChI is InChI=1S/C12H27N2OPS2/c1-5-8-10-18-16(17,15-9-6-2)14-11-13-12(4)7-3/h11-12H,5-10H2,1-4H3,(H,13,14,17). The molecule has 0 aliphatic carbocycles. The van der Waals surface area contributed by atoms with Crippen LogP contribution in [-0.4, -0.2) is 24.7 Å². The Labute approximate surface area is 121 Å². The quantitative estimate of drug-likeness (QED) is 0.262. The molecule has 0 radical (unpaired) electrons. The molecule has 18 heavy (non-hydrogen) atoms. The molecule has 0 aliphatic rings. The van der Waals surface area contributed by atoms with Gasteiger partial charge in [-0.3, -0.25) is 4.99 Å². The van der Waals surface area contributed by atoms with E-state index in [4.69, 9.17) is 16.3 Å². The lowest BCUT2D eigenvalue weighted by Crippen LogP contribution is -2.11. The lowest BCUT2D eigenvalue weighted by molar-refractivity contribution is 0.356. The van der Waals surface area contributed by atoms with Gasteiger partial charge >= 0.3 is 0 Å². The van der Waals surface area contributed by atoms with Crippen molar-refractivity contribution in [3.05, 3.63) is 0 Å². The van der Waals surface area contributed by atoms with E-state index in [1.54, 1.807) is 17.7 Å². The van der Waals surface area contributed by atoms with Gasteiger partial charge in [0.25, 0.3) is 0 Å². The molecule has 0 saturated carbocycles. The smallest absolute Gasteiger partial charge is 0.211 e. The first-order chi connectivity index (χ1) is 8.58. The summed E-state index contributed by atoms with van der Waals surface area (Å²) in [5.74, 6) is 1.06. The third-order valence-corrected chi connectivity index (χ3v) is 7.91. The second kappa shape index (κ2) is 11.3. The van der Waals surface area contributed by atoms with E-state index in [9.17, 15) is 0 Å². The lowest BCUT2D eigenvalue weighted by atomic mass is 10.3. The van der Waals surface area contributed by atoms with Gasteiger partial charge in [-0.2, -0.15) is 0 Å². The van der Waals surface area contributed by atoms with Crippen LogP contribution < -0.4 is 5.09 Å². The Bertz CT molecular complexity index is 275. The van der Waals surface area contributed by atoms with Gasteiger partial charge in [-0.15, -0.1) is 0 Å². The largest absolute Gasteiger partial charge is 0.326 e. The topological polar surface area (TPSA) is 33.6 Å². The van der Waals surface area contributed by atoms with Gasteiger partial charge in [0.2, 0.25) is 5.62 Å². The second-order valence-corrected chi connectivity index (χ2v) is 10.9. The molecule has 2 unspecified atom stereocenters. The zero-order valence-corrected chi connectivity index (χ0v) is 14.5. The zero-order valence-electron chi connectivity index (χ0n) is 12.0. The molecule has 108 valence electrons. The third-order valence-electron chi connectivity index (χ3n) is 2.36. The fraction of sp³-hybridized carbons (Fsp3) is 0.917. The number of hydrogen-bond acceptors (Lipinski definition) is 4. The van der Waals surface area contributed by atoms with Crippen LogP contribution in [0.3, 0.4) is 0 Å². The van der Waals surface area contributed by atoms with Crippen molar-refractivity contribution in [2.75, 3.05) is 12.4 Å². The maximum Gasteiger partial charge on any atom is 0.211 e. The van der Waals surface area contributed by atoms with E-state index < -0.39 is 5.62 Å². The van der Waals surface area contributed by atoms with Gasteiger partial charge in [-0.05, 0) is 38.0 Å². The van der Waals surface area contributed by atoms with Crippen molar-refractivity contribution in [2.24, 2.45) is 4.99 Å². The van der Waals surface area contributed by atoms with Gasteiger partial charge in [-0.1, -0.05) is 38.6 Å². The van der Waals surface area contributed by atoms with Crippen LogP contribution in [-0.2, 0) is 16.3 Å². The highest BCUT2D eigenvalue weighted by Gasteiger charge is 2.16. The van der Waals surface area contributed by atoms with Crippen LogP contribution in [0, 0.1) is 0 Å². The van der Waals surface area contributed by atoms with E-state index in [1.807, 2.05) is 0 Å². The molecule has 3 nitrogen and oxygen atoms in total. The van der Waals surface area contributed by atoms with E-state index >= 15 is 0 Å². The highest BCUT2D eigenvalue weighted by molar-refractivity contribution is 8.68. The van der Waals surface area contributed by atoms with Crippen LogP contribution >= 0.6 is 17.0 Å². The van der Waals surface area contributed by atoms with E-state index in [0.29, 0.717) is 6.04 Å². The van der Waals surface area contributed by atoms with Crippen LogP contribution in [0.1, 0.15) is 53.4 Å². The monoisotopic (exact) mass is 310 g/mol. The van der Waals surface area contributed by atoms with Crippen molar-refractivity contribution in [3.8, 4) is 0 Å². The normalized spacial score (nSPS) is 16.7. The van der Waals surface area contributed by atoms with Gasteiger partial charge in [0.1, 0.15) is 0 Å². The highest BCUT2D eigenvalue weighted by atomic mass is 32.9. The molecule has 0 rings (SSSR count). The number of rotatable bonds is 11. The summed E-state index contributed by atoms with van der Waals surface area (Å²) < 4.78 is 5.83. The van der Waals surface area contributed by atoms with Crippen molar-refractivity contribution in [2.45, 2.75) is 59.4 Å². The number of nitrogens with zero attached hydrogens (tertiary/aromatic N) is 1. The molecule has 0 spiro atoms. The minimum absolute atomic E-state index is 0.341. The molecular formula is C12H27N2OPS2. The molecule has 1 N–H and O–H groups in total. The summed E-state index contributed by atoms with van der Waals surface area (Å²) in [7, 11) is 0. The molecule has 0 bridgehead atoms. The fourth-order valence-corrected chi connectivity index (χ4v) is 5.46. The molecule has 0 fully saturated rings. The molecule has 0 amide bonds. The third kappa shape index (κ3) is 9.37. The Morgan fingerprint density at radius 1 is 1.39 bits per heavy atom. The Morgan fingerprint density at radius 3 is 2.67 bits per heavy atom. The molecule has 0 aromatic heterocycles. The molecule has 2 atom stereocenters. The average molecular weight is 310 g/mol. The first kappa shape index (κ1) is 18.4. The van der Waals surface area contributed by atoms with E-state index in [-0.39, 0.29) is 0 Å². The molecule has 0 aromatic carbocycles. The SMILES string of the molecule is CCCCSP(=S)(NC=NC(C)CC)OCCC. The van der Waals surface area contributed by atoms with Gasteiger partial charge in [0.05, 0.1) is 12.9 Å². The minimum atomic E-state index is -1.98. The molecule has 0 aromatic rings. The van der Waals surface area contributed by atoms with Gasteiger partial charge < -0.3 is 9.61 Å². The highest BCUT2D eigenvalue weighted by Crippen LogP contribution is 2.56. The first-order valence-corrected chi connectivity index (χ1v) is 11.1. The summed E-state index contributed by atoms with van der Waals surface area (Å²) in [5, 5.41) is 3.23. The molecular weight excluding hydrogens is 283 g/mol. The van der Waals surface area contributed by atoms with Crippen molar-refractivity contribution < 1.29 is 4.52 Å². The Hall–Kier alpha value is 0.430. The summed E-state index contributed by atoms with van der Waals surface area (Å²) >= 11 is 7.37. The molecule has 0 saturated heterocycles. The van der Waals surface area contributed by atoms with Crippen molar-refractivity contribution >= 4 is 35.1 Å². The van der Waals surface area contributed by atoms with Crippen molar-refractivity contribution in [1.29, 1.82) is 0 Å². The predicted molar refractivity (Wildman–Crippen MR) is 89.3 cm³/mol. The number of unbranched alkanes of at least 4 members (excludes halogenated alkanes) is 1. The predicted octanol–water partition coefficient (Wildman–Crippen LogP) is 4.59. The lowest BCUT2D eigenvalue weighted by Gasteiger charge is -2.21. The van der Waals surface area contributed by atoms with Gasteiger partial charge in [-0.25, -0.2) is 0 Å².